The Hall–Kier alpha value is -6.11. The van der Waals surface area contributed by atoms with Crippen molar-refractivity contribution in [3.8, 4) is 34.3 Å². The Balaban J connectivity index is 1.52. The van der Waals surface area contributed by atoms with Gasteiger partial charge in [0.15, 0.2) is 0 Å². The SMILES string of the molecule is CC[C@H](NC(=O)[C@H]1C[C@H](Oc2cc(-c3ccccc3)nc3cc(OC)ccc23)C=C1C(=O)N[C@H](C(=O)N(CC)c1cc(OC)ccc1OC)C(C)C)C(=O)OC(C)(C)C. The number of fused-ring (bicyclic) bond motifs is 1. The summed E-state index contributed by atoms with van der Waals surface area (Å²) in [4.78, 5) is 62.7. The van der Waals surface area contributed by atoms with Gasteiger partial charge in [0.05, 0.1) is 44.1 Å². The number of aromatic nitrogens is 1. The number of methoxy groups -OCH3 is 3. The van der Waals surface area contributed by atoms with E-state index in [1.54, 1.807) is 59.1 Å². The van der Waals surface area contributed by atoms with Crippen LogP contribution in [0.1, 0.15) is 61.3 Å². The molecule has 0 unspecified atom stereocenters. The fourth-order valence-corrected chi connectivity index (χ4v) is 6.96. The van der Waals surface area contributed by atoms with Gasteiger partial charge in [0.2, 0.25) is 17.7 Å². The van der Waals surface area contributed by atoms with Gasteiger partial charge >= 0.3 is 5.97 Å². The summed E-state index contributed by atoms with van der Waals surface area (Å²) in [5.74, 6) is -1.43. The van der Waals surface area contributed by atoms with Crippen molar-refractivity contribution in [2.45, 2.75) is 85.1 Å². The molecule has 1 aliphatic rings. The van der Waals surface area contributed by atoms with Gasteiger partial charge in [0.1, 0.15) is 46.8 Å². The highest BCUT2D eigenvalue weighted by Gasteiger charge is 2.41. The van der Waals surface area contributed by atoms with Crippen molar-refractivity contribution in [3.63, 3.8) is 0 Å². The summed E-state index contributed by atoms with van der Waals surface area (Å²) >= 11 is 0. The first-order valence-corrected chi connectivity index (χ1v) is 19.9. The fraction of sp³-hybridized carbons (Fsp3) is 0.413. The summed E-state index contributed by atoms with van der Waals surface area (Å²) in [6.07, 6.45) is 1.20. The Bertz CT molecular complexity index is 2180. The largest absolute Gasteiger partial charge is 0.497 e. The van der Waals surface area contributed by atoms with Gasteiger partial charge in [-0.25, -0.2) is 9.78 Å². The second-order valence-electron chi connectivity index (χ2n) is 15.6. The lowest BCUT2D eigenvalue weighted by molar-refractivity contribution is -0.159. The van der Waals surface area contributed by atoms with Crippen LogP contribution in [0.25, 0.3) is 22.2 Å². The molecule has 13 nitrogen and oxygen atoms in total. The summed E-state index contributed by atoms with van der Waals surface area (Å²) < 4.78 is 28.8. The average Bonchev–Trinajstić information content (AvgIpc) is 3.65. The minimum atomic E-state index is -1.04. The number of likely N-dealkylation sites (N-methyl/N-ethyl adjacent to an activating group) is 1. The van der Waals surface area contributed by atoms with Gasteiger partial charge in [-0.2, -0.15) is 0 Å². The van der Waals surface area contributed by atoms with E-state index in [0.29, 0.717) is 45.3 Å². The van der Waals surface area contributed by atoms with Crippen LogP contribution in [0, 0.1) is 11.8 Å². The van der Waals surface area contributed by atoms with Crippen molar-refractivity contribution in [1.29, 1.82) is 0 Å². The molecule has 4 atom stereocenters. The van der Waals surface area contributed by atoms with Crippen LogP contribution in [0.15, 0.2) is 84.4 Å². The van der Waals surface area contributed by atoms with Crippen molar-refractivity contribution < 1.29 is 42.9 Å². The number of pyridine rings is 1. The van der Waals surface area contributed by atoms with Gasteiger partial charge in [-0.1, -0.05) is 51.1 Å². The quantitative estimate of drug-likeness (QED) is 0.113. The minimum Gasteiger partial charge on any atom is -0.497 e. The predicted octanol–water partition coefficient (Wildman–Crippen LogP) is 7.05. The van der Waals surface area contributed by atoms with E-state index in [4.69, 9.17) is 28.7 Å². The van der Waals surface area contributed by atoms with E-state index in [2.05, 4.69) is 10.6 Å². The number of ether oxygens (including phenoxy) is 5. The van der Waals surface area contributed by atoms with E-state index >= 15 is 0 Å². The molecule has 3 amide bonds. The fourth-order valence-electron chi connectivity index (χ4n) is 6.96. The molecule has 2 N–H and O–H groups in total. The molecule has 0 aliphatic heterocycles. The van der Waals surface area contributed by atoms with Crippen LogP contribution in [0.3, 0.4) is 0 Å². The average molecular weight is 809 g/mol. The molecular weight excluding hydrogens is 753 g/mol. The summed E-state index contributed by atoms with van der Waals surface area (Å²) in [6.45, 7) is 12.8. The Morgan fingerprint density at radius 1 is 0.847 bits per heavy atom. The normalized spacial score (nSPS) is 16.1. The number of rotatable bonds is 16. The third-order valence-electron chi connectivity index (χ3n) is 10.0. The molecule has 5 rings (SSSR count). The molecule has 0 spiro atoms. The first kappa shape index (κ1) is 44.0. The molecule has 4 aromatic rings. The number of esters is 1. The van der Waals surface area contributed by atoms with Gasteiger partial charge in [0.25, 0.3) is 0 Å². The van der Waals surface area contributed by atoms with Crippen LogP contribution < -0.4 is 34.5 Å². The highest BCUT2D eigenvalue weighted by molar-refractivity contribution is 6.06. The van der Waals surface area contributed by atoms with Crippen molar-refractivity contribution in [1.82, 2.24) is 15.6 Å². The van der Waals surface area contributed by atoms with Crippen LogP contribution in [0.5, 0.6) is 23.0 Å². The second-order valence-corrected chi connectivity index (χ2v) is 15.6. The number of anilines is 1. The molecule has 3 aromatic carbocycles. The maximum Gasteiger partial charge on any atom is 0.329 e. The Morgan fingerprint density at radius 2 is 1.53 bits per heavy atom. The third-order valence-corrected chi connectivity index (χ3v) is 10.0. The first-order valence-electron chi connectivity index (χ1n) is 19.9. The molecule has 314 valence electrons. The zero-order valence-electron chi connectivity index (χ0n) is 35.6. The number of nitrogens with one attached hydrogen (secondary N) is 2. The Labute approximate surface area is 346 Å². The lowest BCUT2D eigenvalue weighted by Gasteiger charge is -2.30. The van der Waals surface area contributed by atoms with Crippen molar-refractivity contribution >= 4 is 40.3 Å². The lowest BCUT2D eigenvalue weighted by Crippen LogP contribution is -2.52. The van der Waals surface area contributed by atoms with Crippen molar-refractivity contribution in [2.75, 3.05) is 32.8 Å². The number of carbonyl (C=O) groups is 4. The molecule has 0 saturated carbocycles. The van der Waals surface area contributed by atoms with Crippen LogP contribution in [0.2, 0.25) is 0 Å². The van der Waals surface area contributed by atoms with Gasteiger partial charge in [-0.15, -0.1) is 0 Å². The summed E-state index contributed by atoms with van der Waals surface area (Å²) in [5.41, 5.74) is 1.97. The summed E-state index contributed by atoms with van der Waals surface area (Å²) in [7, 11) is 4.63. The van der Waals surface area contributed by atoms with E-state index < -0.39 is 47.5 Å². The van der Waals surface area contributed by atoms with Gasteiger partial charge in [-0.05, 0) is 70.4 Å². The Kier molecular flexibility index (Phi) is 14.2. The van der Waals surface area contributed by atoms with Gasteiger partial charge in [-0.3, -0.25) is 14.4 Å². The lowest BCUT2D eigenvalue weighted by atomic mass is 9.96. The molecular formula is C46H56N4O9. The Morgan fingerprint density at radius 3 is 2.14 bits per heavy atom. The van der Waals surface area contributed by atoms with E-state index in [9.17, 15) is 19.2 Å². The predicted molar refractivity (Wildman–Crippen MR) is 227 cm³/mol. The van der Waals surface area contributed by atoms with Crippen LogP contribution in [-0.2, 0) is 23.9 Å². The van der Waals surface area contributed by atoms with E-state index in [1.807, 2.05) is 75.4 Å². The zero-order chi connectivity index (χ0) is 43.0. The maximum absolute atomic E-state index is 14.5. The third kappa shape index (κ3) is 10.5. The zero-order valence-corrected chi connectivity index (χ0v) is 35.6. The van der Waals surface area contributed by atoms with Crippen LogP contribution in [0.4, 0.5) is 5.69 Å². The second kappa shape index (κ2) is 19.1. The molecule has 1 aliphatic carbocycles. The van der Waals surface area contributed by atoms with Gasteiger partial charge < -0.3 is 39.2 Å². The minimum absolute atomic E-state index is 0.0718. The number of benzene rings is 3. The number of nitrogens with zero attached hydrogens (tertiary/aromatic N) is 2. The molecule has 0 bridgehead atoms. The molecule has 0 radical (unpaired) electrons. The number of carbonyl (C=O) groups excluding carboxylic acids is 4. The summed E-state index contributed by atoms with van der Waals surface area (Å²) in [6, 6.07) is 20.2. The molecule has 13 heteroatoms. The van der Waals surface area contributed by atoms with E-state index in [0.717, 1.165) is 5.56 Å². The molecule has 1 heterocycles. The number of hydrogen-bond donors (Lipinski definition) is 2. The standard InChI is InChI=1S/C46H56N4O9/c1-11-35(45(54)59-46(5,6)7)48-42(51)33-22-31(58-40-26-36(28-16-14-13-15-17-28)47-37-24-29(55-8)18-20-32(37)40)23-34(33)43(52)49-41(27(3)4)44(53)50(12-2)38-25-30(56-9)19-21-39(38)57-10/h13-21,23-27,31,33,35,41H,11-12,22H2,1-10H3,(H,48,51)(H,49,52)/t31-,33-,35-,41-/m0/s1. The topological polar surface area (TPSA) is 155 Å². The molecule has 0 fully saturated rings. The van der Waals surface area contributed by atoms with E-state index in [1.165, 1.54) is 19.1 Å². The van der Waals surface area contributed by atoms with Gasteiger partial charge in [0, 0.05) is 47.7 Å². The molecule has 1 aromatic heterocycles. The van der Waals surface area contributed by atoms with Crippen molar-refractivity contribution in [2.24, 2.45) is 11.8 Å². The molecule has 59 heavy (non-hydrogen) atoms. The maximum atomic E-state index is 14.5. The first-order chi connectivity index (χ1) is 28.1. The van der Waals surface area contributed by atoms with E-state index in [-0.39, 0.29) is 36.8 Å². The van der Waals surface area contributed by atoms with Crippen molar-refractivity contribution in [3.05, 3.63) is 84.4 Å². The molecule has 0 saturated heterocycles. The monoisotopic (exact) mass is 808 g/mol. The number of hydrogen-bond acceptors (Lipinski definition) is 10. The van der Waals surface area contributed by atoms with Crippen LogP contribution >= 0.6 is 0 Å². The number of amides is 3. The van der Waals surface area contributed by atoms with Crippen LogP contribution in [-0.4, -0.2) is 80.3 Å². The highest BCUT2D eigenvalue weighted by Crippen LogP contribution is 2.37. The smallest absolute Gasteiger partial charge is 0.329 e. The highest BCUT2D eigenvalue weighted by atomic mass is 16.6. The summed E-state index contributed by atoms with van der Waals surface area (Å²) in [5, 5.41) is 6.48.